The minimum atomic E-state index is 0.186. The Kier molecular flexibility index (Phi) is 4.95. The summed E-state index contributed by atoms with van der Waals surface area (Å²) < 4.78 is 15.7. The molecule has 1 unspecified atom stereocenters. The Bertz CT molecular complexity index is 528. The van der Waals surface area contributed by atoms with Gasteiger partial charge >= 0.3 is 0 Å². The Morgan fingerprint density at radius 2 is 2.25 bits per heavy atom. The van der Waals surface area contributed by atoms with Crippen molar-refractivity contribution >= 4 is 0 Å². The summed E-state index contributed by atoms with van der Waals surface area (Å²) in [6.07, 6.45) is 1.28. The van der Waals surface area contributed by atoms with Gasteiger partial charge in [-0.2, -0.15) is 4.98 Å². The van der Waals surface area contributed by atoms with Crippen molar-refractivity contribution in [3.63, 3.8) is 0 Å². The van der Waals surface area contributed by atoms with E-state index in [1.54, 1.807) is 7.11 Å². The molecule has 1 aromatic carbocycles. The Hall–Kier alpha value is -2.08. The van der Waals surface area contributed by atoms with Crippen LogP contribution in [0.1, 0.15) is 31.3 Å². The van der Waals surface area contributed by atoms with Crippen molar-refractivity contribution in [3.8, 4) is 11.5 Å². The highest BCUT2D eigenvalue weighted by Gasteiger charge is 2.13. The summed E-state index contributed by atoms with van der Waals surface area (Å²) in [5.74, 6) is 2.01. The quantitative estimate of drug-likeness (QED) is 0.837. The fraction of sp³-hybridized carbons (Fsp3) is 0.429. The maximum atomic E-state index is 5.79. The summed E-state index contributed by atoms with van der Waals surface area (Å²) in [5.41, 5.74) is 1.07. The van der Waals surface area contributed by atoms with E-state index < -0.39 is 0 Å². The standard InChI is InChI=1S/C14H19N3O3/c1-4-15-10(2)12-6-5-11(18-3)7-13(12)19-8-14-16-9-20-17-14/h5-7,9-10,15H,4,8H2,1-3H3. The second-order valence-electron chi connectivity index (χ2n) is 4.32. The monoisotopic (exact) mass is 277 g/mol. The van der Waals surface area contributed by atoms with Gasteiger partial charge in [0.15, 0.2) is 6.61 Å². The first-order chi connectivity index (χ1) is 9.74. The average Bonchev–Trinajstić information content (AvgIpc) is 2.98. The van der Waals surface area contributed by atoms with Gasteiger partial charge in [0.2, 0.25) is 12.2 Å². The number of rotatable bonds is 7. The molecule has 20 heavy (non-hydrogen) atoms. The van der Waals surface area contributed by atoms with E-state index in [2.05, 4.69) is 33.8 Å². The zero-order valence-corrected chi connectivity index (χ0v) is 11.9. The van der Waals surface area contributed by atoms with Crippen LogP contribution in [0.15, 0.2) is 29.1 Å². The molecular formula is C14H19N3O3. The molecule has 1 heterocycles. The van der Waals surface area contributed by atoms with E-state index in [0.29, 0.717) is 5.82 Å². The molecule has 2 aromatic rings. The number of nitrogens with one attached hydrogen (secondary N) is 1. The van der Waals surface area contributed by atoms with Crippen LogP contribution in [0.4, 0.5) is 0 Å². The first-order valence-electron chi connectivity index (χ1n) is 6.54. The second kappa shape index (κ2) is 6.91. The molecule has 108 valence electrons. The Labute approximate surface area is 118 Å². The second-order valence-corrected chi connectivity index (χ2v) is 4.32. The lowest BCUT2D eigenvalue weighted by Gasteiger charge is -2.18. The lowest BCUT2D eigenvalue weighted by molar-refractivity contribution is 0.279. The number of nitrogens with zero attached hydrogens (tertiary/aromatic N) is 2. The molecule has 0 saturated heterocycles. The SMILES string of the molecule is CCNC(C)c1ccc(OC)cc1OCc1ncon1. The average molecular weight is 277 g/mol. The summed E-state index contributed by atoms with van der Waals surface area (Å²) in [6, 6.07) is 5.97. The van der Waals surface area contributed by atoms with Crippen LogP contribution >= 0.6 is 0 Å². The van der Waals surface area contributed by atoms with Crippen LogP contribution < -0.4 is 14.8 Å². The zero-order valence-electron chi connectivity index (χ0n) is 11.9. The van der Waals surface area contributed by atoms with Crippen molar-refractivity contribution in [2.75, 3.05) is 13.7 Å². The predicted octanol–water partition coefficient (Wildman–Crippen LogP) is 2.33. The topological polar surface area (TPSA) is 69.4 Å². The molecule has 1 N–H and O–H groups in total. The van der Waals surface area contributed by atoms with Crippen LogP contribution in [-0.2, 0) is 6.61 Å². The molecule has 6 nitrogen and oxygen atoms in total. The molecule has 0 aliphatic carbocycles. The highest BCUT2D eigenvalue weighted by atomic mass is 16.5. The van der Waals surface area contributed by atoms with Gasteiger partial charge in [0.1, 0.15) is 11.5 Å². The maximum Gasteiger partial charge on any atom is 0.213 e. The van der Waals surface area contributed by atoms with Crippen LogP contribution in [0.5, 0.6) is 11.5 Å². The molecule has 6 heteroatoms. The normalized spacial score (nSPS) is 12.2. The largest absolute Gasteiger partial charge is 0.497 e. The highest BCUT2D eigenvalue weighted by Crippen LogP contribution is 2.30. The van der Waals surface area contributed by atoms with Crippen molar-refractivity contribution in [1.82, 2.24) is 15.5 Å². The summed E-state index contributed by atoms with van der Waals surface area (Å²) in [4.78, 5) is 3.94. The van der Waals surface area contributed by atoms with Gasteiger partial charge in [0.05, 0.1) is 7.11 Å². The molecule has 0 bridgehead atoms. The highest BCUT2D eigenvalue weighted by molar-refractivity contribution is 5.42. The molecule has 0 saturated carbocycles. The first kappa shape index (κ1) is 14.3. The van der Waals surface area contributed by atoms with Crippen LogP contribution in [-0.4, -0.2) is 23.8 Å². The molecule has 0 aliphatic heterocycles. The van der Waals surface area contributed by atoms with E-state index in [1.165, 1.54) is 6.39 Å². The number of aromatic nitrogens is 2. The van der Waals surface area contributed by atoms with Gasteiger partial charge in [-0.25, -0.2) is 0 Å². The summed E-state index contributed by atoms with van der Waals surface area (Å²) in [5, 5.41) is 7.09. The van der Waals surface area contributed by atoms with Crippen LogP contribution in [0.3, 0.4) is 0 Å². The fourth-order valence-electron chi connectivity index (χ4n) is 1.94. The summed E-state index contributed by atoms with van der Waals surface area (Å²) >= 11 is 0. The van der Waals surface area contributed by atoms with Gasteiger partial charge in [-0.1, -0.05) is 18.1 Å². The van der Waals surface area contributed by atoms with Crippen molar-refractivity contribution < 1.29 is 14.0 Å². The van der Waals surface area contributed by atoms with E-state index in [9.17, 15) is 0 Å². The third-order valence-corrected chi connectivity index (χ3v) is 2.96. The predicted molar refractivity (Wildman–Crippen MR) is 73.7 cm³/mol. The molecule has 2 rings (SSSR count). The Morgan fingerprint density at radius 3 is 2.90 bits per heavy atom. The zero-order chi connectivity index (χ0) is 14.4. The lowest BCUT2D eigenvalue weighted by atomic mass is 10.1. The van der Waals surface area contributed by atoms with Crippen LogP contribution in [0.2, 0.25) is 0 Å². The van der Waals surface area contributed by atoms with E-state index in [1.807, 2.05) is 18.2 Å². The van der Waals surface area contributed by atoms with Crippen molar-refractivity contribution in [2.24, 2.45) is 0 Å². The first-order valence-corrected chi connectivity index (χ1v) is 6.54. The summed E-state index contributed by atoms with van der Waals surface area (Å²) in [6.45, 7) is 5.30. The summed E-state index contributed by atoms with van der Waals surface area (Å²) in [7, 11) is 1.63. The van der Waals surface area contributed by atoms with Gasteiger partial charge in [-0.3, -0.25) is 0 Å². The lowest BCUT2D eigenvalue weighted by Crippen LogP contribution is -2.18. The molecule has 0 amide bonds. The van der Waals surface area contributed by atoms with Gasteiger partial charge in [0, 0.05) is 17.7 Å². The number of hydrogen-bond acceptors (Lipinski definition) is 6. The van der Waals surface area contributed by atoms with Crippen LogP contribution in [0.25, 0.3) is 0 Å². The molecule has 0 radical (unpaired) electrons. The van der Waals surface area contributed by atoms with Gasteiger partial charge < -0.3 is 19.3 Å². The number of benzene rings is 1. The van der Waals surface area contributed by atoms with E-state index in [-0.39, 0.29) is 12.6 Å². The minimum absolute atomic E-state index is 0.186. The third-order valence-electron chi connectivity index (χ3n) is 2.96. The van der Waals surface area contributed by atoms with E-state index >= 15 is 0 Å². The van der Waals surface area contributed by atoms with Gasteiger partial charge in [0.25, 0.3) is 0 Å². The molecule has 0 aliphatic rings. The van der Waals surface area contributed by atoms with E-state index in [0.717, 1.165) is 23.6 Å². The van der Waals surface area contributed by atoms with Crippen molar-refractivity contribution in [3.05, 3.63) is 36.0 Å². The Balaban J connectivity index is 2.18. The number of methoxy groups -OCH3 is 1. The molecule has 1 aromatic heterocycles. The number of hydrogen-bond donors (Lipinski definition) is 1. The van der Waals surface area contributed by atoms with Crippen molar-refractivity contribution in [1.29, 1.82) is 0 Å². The van der Waals surface area contributed by atoms with Crippen LogP contribution in [0, 0.1) is 0 Å². The molecule has 0 spiro atoms. The maximum absolute atomic E-state index is 5.79. The smallest absolute Gasteiger partial charge is 0.213 e. The third kappa shape index (κ3) is 3.48. The fourth-order valence-corrected chi connectivity index (χ4v) is 1.94. The molecule has 0 fully saturated rings. The molecule has 1 atom stereocenters. The Morgan fingerprint density at radius 1 is 1.40 bits per heavy atom. The van der Waals surface area contributed by atoms with E-state index in [4.69, 9.17) is 9.47 Å². The number of ether oxygens (including phenoxy) is 2. The minimum Gasteiger partial charge on any atom is -0.497 e. The van der Waals surface area contributed by atoms with Gasteiger partial charge in [-0.05, 0) is 19.5 Å². The van der Waals surface area contributed by atoms with Gasteiger partial charge in [-0.15, -0.1) is 0 Å². The van der Waals surface area contributed by atoms with Crippen molar-refractivity contribution in [2.45, 2.75) is 26.5 Å². The molecular weight excluding hydrogens is 258 g/mol.